The number of likely N-dealkylation sites (tertiary alicyclic amines) is 1. The van der Waals surface area contributed by atoms with E-state index in [0.717, 1.165) is 38.1 Å². The van der Waals surface area contributed by atoms with Gasteiger partial charge in [0.05, 0.1) is 0 Å². The minimum absolute atomic E-state index is 0. The van der Waals surface area contributed by atoms with Crippen LogP contribution in [0.5, 0.6) is 0 Å². The van der Waals surface area contributed by atoms with Gasteiger partial charge in [0.15, 0.2) is 0 Å². The van der Waals surface area contributed by atoms with E-state index in [4.69, 9.17) is 5.73 Å². The highest BCUT2D eigenvalue weighted by molar-refractivity contribution is 5.85. The van der Waals surface area contributed by atoms with Gasteiger partial charge < -0.3 is 16.0 Å². The highest BCUT2D eigenvalue weighted by Gasteiger charge is 2.31. The predicted octanol–water partition coefficient (Wildman–Crippen LogP) is 2.48. The summed E-state index contributed by atoms with van der Waals surface area (Å²) in [7, 11) is 0. The molecule has 0 radical (unpaired) electrons. The zero-order valence-corrected chi connectivity index (χ0v) is 15.0. The van der Waals surface area contributed by atoms with Crippen molar-refractivity contribution in [3.63, 3.8) is 0 Å². The SMILES string of the molecule is Cl.Cl.NC1CCC(C(=O)NC2CCN(C3CCCC3)CC2)C1. The van der Waals surface area contributed by atoms with Gasteiger partial charge in [-0.15, -0.1) is 24.8 Å². The molecule has 0 aromatic rings. The van der Waals surface area contributed by atoms with Crippen molar-refractivity contribution in [1.82, 2.24) is 10.2 Å². The highest BCUT2D eigenvalue weighted by Crippen LogP contribution is 2.27. The zero-order valence-electron chi connectivity index (χ0n) is 13.3. The quantitative estimate of drug-likeness (QED) is 0.820. The number of hydrogen-bond donors (Lipinski definition) is 2. The van der Waals surface area contributed by atoms with Crippen LogP contribution in [0.3, 0.4) is 0 Å². The van der Waals surface area contributed by atoms with E-state index >= 15 is 0 Å². The van der Waals surface area contributed by atoms with Crippen molar-refractivity contribution in [2.45, 2.75) is 75.9 Å². The van der Waals surface area contributed by atoms with Crippen molar-refractivity contribution in [2.24, 2.45) is 11.7 Å². The van der Waals surface area contributed by atoms with Gasteiger partial charge in [-0.3, -0.25) is 4.79 Å². The largest absolute Gasteiger partial charge is 0.353 e. The van der Waals surface area contributed by atoms with Crippen molar-refractivity contribution in [3.8, 4) is 0 Å². The minimum Gasteiger partial charge on any atom is -0.353 e. The van der Waals surface area contributed by atoms with Crippen LogP contribution in [0.4, 0.5) is 0 Å². The van der Waals surface area contributed by atoms with Crippen molar-refractivity contribution < 1.29 is 4.79 Å². The van der Waals surface area contributed by atoms with E-state index in [2.05, 4.69) is 10.2 Å². The molecule has 3 rings (SSSR count). The van der Waals surface area contributed by atoms with E-state index in [-0.39, 0.29) is 42.7 Å². The average molecular weight is 352 g/mol. The van der Waals surface area contributed by atoms with E-state index in [9.17, 15) is 4.79 Å². The van der Waals surface area contributed by atoms with Gasteiger partial charge in [0.1, 0.15) is 0 Å². The Morgan fingerprint density at radius 1 is 0.955 bits per heavy atom. The van der Waals surface area contributed by atoms with Gasteiger partial charge in [0.2, 0.25) is 5.91 Å². The lowest BCUT2D eigenvalue weighted by Gasteiger charge is -2.36. The van der Waals surface area contributed by atoms with Gasteiger partial charge in [-0.2, -0.15) is 0 Å². The summed E-state index contributed by atoms with van der Waals surface area (Å²) in [5, 5.41) is 3.27. The van der Waals surface area contributed by atoms with Gasteiger partial charge in [-0.05, 0) is 44.9 Å². The van der Waals surface area contributed by atoms with Gasteiger partial charge in [0, 0.05) is 37.1 Å². The fourth-order valence-corrected chi connectivity index (χ4v) is 4.25. The minimum atomic E-state index is 0. The summed E-state index contributed by atoms with van der Waals surface area (Å²) in [6.07, 6.45) is 10.7. The number of piperidine rings is 1. The number of nitrogens with one attached hydrogen (secondary N) is 1. The second-order valence-electron chi connectivity index (χ2n) is 7.03. The van der Waals surface area contributed by atoms with Crippen LogP contribution < -0.4 is 11.1 Å². The molecule has 0 aromatic heterocycles. The lowest BCUT2D eigenvalue weighted by atomic mass is 10.0. The normalized spacial score (nSPS) is 30.6. The number of amides is 1. The summed E-state index contributed by atoms with van der Waals surface area (Å²) >= 11 is 0. The molecule has 1 amide bonds. The first-order chi connectivity index (χ1) is 9.72. The lowest BCUT2D eigenvalue weighted by Crippen LogP contribution is -2.48. The molecule has 1 saturated heterocycles. The molecule has 2 saturated carbocycles. The molecule has 0 spiro atoms. The number of nitrogens with zero attached hydrogens (tertiary/aromatic N) is 1. The summed E-state index contributed by atoms with van der Waals surface area (Å²) < 4.78 is 0. The molecule has 3 aliphatic rings. The standard InChI is InChI=1S/C16H29N3O.2ClH/c17-13-6-5-12(11-13)16(20)18-14-7-9-19(10-8-14)15-3-1-2-4-15;;/h12-15H,1-11,17H2,(H,18,20);2*1H. The molecule has 1 heterocycles. The van der Waals surface area contributed by atoms with Crippen LogP contribution in [-0.4, -0.2) is 42.0 Å². The Bertz CT molecular complexity index is 342. The molecular formula is C16H31Cl2N3O. The Hall–Kier alpha value is -0.0300. The molecule has 130 valence electrons. The van der Waals surface area contributed by atoms with E-state index in [1.54, 1.807) is 0 Å². The maximum Gasteiger partial charge on any atom is 0.223 e. The molecule has 2 unspecified atom stereocenters. The Morgan fingerprint density at radius 2 is 1.59 bits per heavy atom. The maximum atomic E-state index is 12.2. The summed E-state index contributed by atoms with van der Waals surface area (Å²) in [5.41, 5.74) is 5.90. The number of halogens is 2. The Morgan fingerprint density at radius 3 is 2.14 bits per heavy atom. The maximum absolute atomic E-state index is 12.2. The summed E-state index contributed by atoms with van der Waals surface area (Å²) in [4.78, 5) is 14.9. The van der Waals surface area contributed by atoms with Crippen LogP contribution >= 0.6 is 24.8 Å². The number of hydrogen-bond acceptors (Lipinski definition) is 3. The summed E-state index contributed by atoms with van der Waals surface area (Å²) in [6.45, 7) is 2.33. The van der Waals surface area contributed by atoms with E-state index in [0.29, 0.717) is 6.04 Å². The molecule has 1 aliphatic heterocycles. The first-order valence-corrected chi connectivity index (χ1v) is 8.52. The van der Waals surface area contributed by atoms with Crippen LogP contribution in [0.25, 0.3) is 0 Å². The Balaban J connectivity index is 0.00000121. The first kappa shape index (κ1) is 20.0. The molecule has 3 fully saturated rings. The lowest BCUT2D eigenvalue weighted by molar-refractivity contribution is -0.125. The summed E-state index contributed by atoms with van der Waals surface area (Å²) in [5.74, 6) is 0.440. The molecule has 4 nitrogen and oxygen atoms in total. The fraction of sp³-hybridized carbons (Fsp3) is 0.938. The second-order valence-corrected chi connectivity index (χ2v) is 7.03. The molecule has 22 heavy (non-hydrogen) atoms. The third-order valence-corrected chi connectivity index (χ3v) is 5.56. The van der Waals surface area contributed by atoms with E-state index < -0.39 is 0 Å². The van der Waals surface area contributed by atoms with Gasteiger partial charge in [0.25, 0.3) is 0 Å². The number of carbonyl (C=O) groups is 1. The van der Waals surface area contributed by atoms with Gasteiger partial charge in [-0.25, -0.2) is 0 Å². The molecule has 0 bridgehead atoms. The van der Waals surface area contributed by atoms with Crippen molar-refractivity contribution >= 4 is 30.7 Å². The number of carbonyl (C=O) groups excluding carboxylic acids is 1. The third kappa shape index (κ3) is 4.98. The van der Waals surface area contributed by atoms with Gasteiger partial charge in [-0.1, -0.05) is 12.8 Å². The molecule has 6 heteroatoms. The van der Waals surface area contributed by atoms with E-state index in [1.807, 2.05) is 0 Å². The van der Waals surface area contributed by atoms with Crippen molar-refractivity contribution in [3.05, 3.63) is 0 Å². The summed E-state index contributed by atoms with van der Waals surface area (Å²) in [6, 6.07) is 1.48. The van der Waals surface area contributed by atoms with Crippen LogP contribution in [0.1, 0.15) is 57.8 Å². The van der Waals surface area contributed by atoms with Crippen molar-refractivity contribution in [1.29, 1.82) is 0 Å². The zero-order chi connectivity index (χ0) is 13.9. The fourth-order valence-electron chi connectivity index (χ4n) is 4.25. The molecular weight excluding hydrogens is 321 g/mol. The second kappa shape index (κ2) is 9.31. The predicted molar refractivity (Wildman–Crippen MR) is 94.8 cm³/mol. The highest BCUT2D eigenvalue weighted by atomic mass is 35.5. The molecule has 0 aromatic carbocycles. The smallest absolute Gasteiger partial charge is 0.223 e. The number of nitrogens with two attached hydrogens (primary N) is 1. The first-order valence-electron chi connectivity index (χ1n) is 8.52. The van der Waals surface area contributed by atoms with Crippen LogP contribution in [0, 0.1) is 5.92 Å². The topological polar surface area (TPSA) is 58.4 Å². The van der Waals surface area contributed by atoms with Crippen LogP contribution in [0.15, 0.2) is 0 Å². The van der Waals surface area contributed by atoms with Crippen molar-refractivity contribution in [2.75, 3.05) is 13.1 Å². The molecule has 2 aliphatic carbocycles. The van der Waals surface area contributed by atoms with E-state index in [1.165, 1.54) is 38.8 Å². The van der Waals surface area contributed by atoms with Crippen LogP contribution in [-0.2, 0) is 4.79 Å². The Kier molecular flexibility index (Phi) is 8.47. The van der Waals surface area contributed by atoms with Crippen LogP contribution in [0.2, 0.25) is 0 Å². The number of rotatable bonds is 3. The average Bonchev–Trinajstić information content (AvgIpc) is 3.10. The Labute approximate surface area is 146 Å². The molecule has 2 atom stereocenters. The monoisotopic (exact) mass is 351 g/mol. The molecule has 3 N–H and O–H groups in total. The third-order valence-electron chi connectivity index (χ3n) is 5.56. The van der Waals surface area contributed by atoms with Gasteiger partial charge >= 0.3 is 0 Å².